The topological polar surface area (TPSA) is 76.8 Å². The summed E-state index contributed by atoms with van der Waals surface area (Å²) in [6, 6.07) is 8.78. The molecule has 0 aliphatic carbocycles. The fourth-order valence-corrected chi connectivity index (χ4v) is 3.55. The van der Waals surface area contributed by atoms with Crippen LogP contribution in [-0.2, 0) is 6.18 Å². The van der Waals surface area contributed by atoms with E-state index < -0.39 is 12.0 Å². The summed E-state index contributed by atoms with van der Waals surface area (Å²) in [5.74, 6) is 0.657. The van der Waals surface area contributed by atoms with Gasteiger partial charge in [0, 0.05) is 43.0 Å². The molecule has 1 fully saturated rings. The maximum Gasteiger partial charge on any atom is 0.453 e. The highest BCUT2D eigenvalue weighted by molar-refractivity contribution is 5.55. The number of nitrogens with one attached hydrogen (secondary N) is 1. The molecule has 3 aromatic rings. The minimum absolute atomic E-state index is 0.0567. The average Bonchev–Trinajstić information content (AvgIpc) is 3.17. The standard InChI is InChI=1S/C19H21F3N6O2/c1-29-14-8-13(9-15(10-14)30-2)23-12-4-3-7-27(11-12)17-6-5-16-24-25-18(19(20,21)22)28(16)26-17/h5-6,8-10,12,23H,3-4,7,11H2,1-2H3. The Bertz CT molecular complexity index is 1020. The SMILES string of the molecule is COc1cc(NC2CCCN(c3ccc4nnc(C(F)(F)F)n4n3)C2)cc(OC)c1. The van der Waals surface area contributed by atoms with Gasteiger partial charge in [0.05, 0.1) is 14.2 Å². The molecule has 3 heterocycles. The van der Waals surface area contributed by atoms with Crippen LogP contribution in [0.2, 0.25) is 0 Å². The number of benzene rings is 1. The summed E-state index contributed by atoms with van der Waals surface area (Å²) in [5, 5.41) is 14.4. The Kier molecular flexibility index (Phi) is 5.27. The molecule has 1 atom stereocenters. The molecule has 160 valence electrons. The van der Waals surface area contributed by atoms with Gasteiger partial charge in [0.1, 0.15) is 17.3 Å². The second-order valence-corrected chi connectivity index (χ2v) is 7.01. The number of rotatable bonds is 5. The van der Waals surface area contributed by atoms with Crippen LogP contribution in [0.25, 0.3) is 5.65 Å². The van der Waals surface area contributed by atoms with E-state index in [0.717, 1.165) is 23.0 Å². The van der Waals surface area contributed by atoms with Gasteiger partial charge in [-0.1, -0.05) is 0 Å². The summed E-state index contributed by atoms with van der Waals surface area (Å²) < 4.78 is 50.8. The molecule has 0 spiro atoms. The first-order valence-electron chi connectivity index (χ1n) is 9.41. The van der Waals surface area contributed by atoms with E-state index >= 15 is 0 Å². The summed E-state index contributed by atoms with van der Waals surface area (Å²) in [7, 11) is 3.17. The number of nitrogens with zero attached hydrogens (tertiary/aromatic N) is 5. The fraction of sp³-hybridized carbons (Fsp3) is 0.421. The first-order chi connectivity index (χ1) is 14.4. The minimum atomic E-state index is -4.62. The third kappa shape index (κ3) is 4.05. The summed E-state index contributed by atoms with van der Waals surface area (Å²) in [6.45, 7) is 1.28. The van der Waals surface area contributed by atoms with Crippen molar-refractivity contribution in [1.29, 1.82) is 0 Å². The van der Waals surface area contributed by atoms with Gasteiger partial charge in [-0.2, -0.15) is 17.7 Å². The summed E-state index contributed by atoms with van der Waals surface area (Å²) in [4.78, 5) is 1.96. The van der Waals surface area contributed by atoms with Gasteiger partial charge >= 0.3 is 6.18 Å². The largest absolute Gasteiger partial charge is 0.497 e. The smallest absolute Gasteiger partial charge is 0.453 e. The van der Waals surface area contributed by atoms with Crippen molar-refractivity contribution in [2.24, 2.45) is 0 Å². The van der Waals surface area contributed by atoms with Crippen molar-refractivity contribution in [3.63, 3.8) is 0 Å². The summed E-state index contributed by atoms with van der Waals surface area (Å²) in [6.07, 6.45) is -2.84. The number of aromatic nitrogens is 4. The second-order valence-electron chi connectivity index (χ2n) is 7.01. The van der Waals surface area contributed by atoms with Gasteiger partial charge in [0.15, 0.2) is 5.65 Å². The van der Waals surface area contributed by atoms with Gasteiger partial charge in [-0.05, 0) is 25.0 Å². The molecule has 1 unspecified atom stereocenters. The van der Waals surface area contributed by atoms with Gasteiger partial charge < -0.3 is 19.7 Å². The molecule has 0 bridgehead atoms. The highest BCUT2D eigenvalue weighted by atomic mass is 19.4. The molecule has 0 radical (unpaired) electrons. The van der Waals surface area contributed by atoms with Crippen molar-refractivity contribution >= 4 is 17.2 Å². The van der Waals surface area contributed by atoms with Crippen LogP contribution < -0.4 is 19.7 Å². The van der Waals surface area contributed by atoms with Crippen LogP contribution >= 0.6 is 0 Å². The van der Waals surface area contributed by atoms with Gasteiger partial charge in [-0.25, -0.2) is 0 Å². The van der Waals surface area contributed by atoms with Crippen LogP contribution in [-0.4, -0.2) is 53.2 Å². The maximum absolute atomic E-state index is 13.1. The molecule has 1 aliphatic heterocycles. The zero-order valence-corrected chi connectivity index (χ0v) is 16.5. The normalized spacial score (nSPS) is 17.2. The highest BCUT2D eigenvalue weighted by Gasteiger charge is 2.38. The Morgan fingerprint density at radius 1 is 1.07 bits per heavy atom. The van der Waals surface area contributed by atoms with E-state index in [1.807, 2.05) is 17.0 Å². The lowest BCUT2D eigenvalue weighted by Gasteiger charge is -2.34. The zero-order chi connectivity index (χ0) is 21.3. The summed E-state index contributed by atoms with van der Waals surface area (Å²) >= 11 is 0. The number of alkyl halides is 3. The molecule has 1 aliphatic rings. The van der Waals surface area contributed by atoms with E-state index in [4.69, 9.17) is 9.47 Å². The van der Waals surface area contributed by atoms with Crippen molar-refractivity contribution in [2.75, 3.05) is 37.5 Å². The van der Waals surface area contributed by atoms with Crippen molar-refractivity contribution in [3.05, 3.63) is 36.2 Å². The van der Waals surface area contributed by atoms with Crippen molar-refractivity contribution < 1.29 is 22.6 Å². The third-order valence-electron chi connectivity index (χ3n) is 4.97. The highest BCUT2D eigenvalue weighted by Crippen LogP contribution is 2.30. The number of anilines is 2. The lowest BCUT2D eigenvalue weighted by Crippen LogP contribution is -2.42. The number of fused-ring (bicyclic) bond motifs is 1. The van der Waals surface area contributed by atoms with E-state index in [0.29, 0.717) is 30.4 Å². The Hall–Kier alpha value is -3.24. The van der Waals surface area contributed by atoms with E-state index in [1.165, 1.54) is 6.07 Å². The first-order valence-corrected chi connectivity index (χ1v) is 9.41. The van der Waals surface area contributed by atoms with E-state index in [9.17, 15) is 13.2 Å². The van der Waals surface area contributed by atoms with Crippen molar-refractivity contribution in [2.45, 2.75) is 25.1 Å². The Morgan fingerprint density at radius 2 is 1.80 bits per heavy atom. The van der Waals surface area contributed by atoms with E-state index in [1.54, 1.807) is 26.4 Å². The van der Waals surface area contributed by atoms with Crippen LogP contribution in [0, 0.1) is 0 Å². The van der Waals surface area contributed by atoms with Crippen LogP contribution in [0.1, 0.15) is 18.7 Å². The van der Waals surface area contributed by atoms with Gasteiger partial charge in [-0.3, -0.25) is 0 Å². The number of piperidine rings is 1. The van der Waals surface area contributed by atoms with E-state index in [2.05, 4.69) is 20.6 Å². The van der Waals surface area contributed by atoms with Crippen LogP contribution in [0.3, 0.4) is 0 Å². The van der Waals surface area contributed by atoms with Crippen molar-refractivity contribution in [3.8, 4) is 11.5 Å². The average molecular weight is 422 g/mol. The molecule has 1 aromatic carbocycles. The molecule has 8 nitrogen and oxygen atoms in total. The molecule has 1 saturated heterocycles. The second kappa shape index (κ2) is 7.88. The molecule has 4 rings (SSSR count). The molecule has 11 heteroatoms. The Morgan fingerprint density at radius 3 is 2.47 bits per heavy atom. The van der Waals surface area contributed by atoms with Gasteiger partial charge in [0.2, 0.25) is 0 Å². The minimum Gasteiger partial charge on any atom is -0.497 e. The molecule has 30 heavy (non-hydrogen) atoms. The lowest BCUT2D eigenvalue weighted by atomic mass is 10.1. The number of hydrogen-bond acceptors (Lipinski definition) is 7. The quantitative estimate of drug-likeness (QED) is 0.676. The molecule has 2 aromatic heterocycles. The monoisotopic (exact) mass is 422 g/mol. The van der Waals surface area contributed by atoms with Gasteiger partial charge in [0.25, 0.3) is 5.82 Å². The first kappa shape index (κ1) is 20.0. The van der Waals surface area contributed by atoms with E-state index in [-0.39, 0.29) is 11.7 Å². The molecule has 1 N–H and O–H groups in total. The molecule has 0 saturated carbocycles. The number of methoxy groups -OCH3 is 2. The molecular formula is C19H21F3N6O2. The Labute approximate surface area is 170 Å². The number of ether oxygens (including phenoxy) is 2. The number of halogens is 3. The molecular weight excluding hydrogens is 401 g/mol. The van der Waals surface area contributed by atoms with Crippen LogP contribution in [0.15, 0.2) is 30.3 Å². The van der Waals surface area contributed by atoms with Gasteiger partial charge in [-0.15, -0.1) is 15.3 Å². The van der Waals surface area contributed by atoms with Crippen LogP contribution in [0.5, 0.6) is 11.5 Å². The lowest BCUT2D eigenvalue weighted by molar-refractivity contribution is -0.146. The third-order valence-corrected chi connectivity index (χ3v) is 4.97. The van der Waals surface area contributed by atoms with Crippen LogP contribution in [0.4, 0.5) is 24.7 Å². The molecule has 0 amide bonds. The maximum atomic E-state index is 13.1. The number of hydrogen-bond donors (Lipinski definition) is 1. The zero-order valence-electron chi connectivity index (χ0n) is 16.5. The summed E-state index contributed by atoms with van der Waals surface area (Å²) in [5.41, 5.74) is 0.904. The predicted octanol–water partition coefficient (Wildman–Crippen LogP) is 3.24. The predicted molar refractivity (Wildman–Crippen MR) is 104 cm³/mol. The Balaban J connectivity index is 1.54. The van der Waals surface area contributed by atoms with Crippen molar-refractivity contribution in [1.82, 2.24) is 19.8 Å². The fourth-order valence-electron chi connectivity index (χ4n) is 3.55.